The third-order valence-corrected chi connectivity index (χ3v) is 4.96. The van der Waals surface area contributed by atoms with Crippen LogP contribution in [-0.4, -0.2) is 17.0 Å². The summed E-state index contributed by atoms with van der Waals surface area (Å²) in [6.07, 6.45) is -1.34. The Morgan fingerprint density at radius 3 is 2.76 bits per heavy atom. The third kappa shape index (κ3) is 3.85. The second kappa shape index (κ2) is 6.61. The Morgan fingerprint density at radius 2 is 2.14 bits per heavy atom. The molecule has 0 heterocycles. The van der Waals surface area contributed by atoms with E-state index in [-0.39, 0.29) is 11.6 Å². The molecule has 0 amide bonds. The van der Waals surface area contributed by atoms with Crippen LogP contribution < -0.4 is 5.32 Å². The second-order valence-corrected chi connectivity index (χ2v) is 6.56. The molecule has 1 N–H and O–H groups in total. The van der Waals surface area contributed by atoms with Gasteiger partial charge in [0.2, 0.25) is 0 Å². The zero-order valence-electron chi connectivity index (χ0n) is 11.7. The van der Waals surface area contributed by atoms with Gasteiger partial charge in [0.15, 0.2) is 0 Å². The predicted molar refractivity (Wildman–Crippen MR) is 79.3 cm³/mol. The highest BCUT2D eigenvalue weighted by Crippen LogP contribution is 2.36. The molecule has 2 atom stereocenters. The molecular weight excluding hydrogens is 297 g/mol. The molecule has 0 bridgehead atoms. The SMILES string of the molecule is CCSC1CCCC1Nc1ccc(C#N)c(C(F)(F)F)c1. The summed E-state index contributed by atoms with van der Waals surface area (Å²) in [6.45, 7) is 2.09. The Balaban J connectivity index is 2.20. The van der Waals surface area contributed by atoms with E-state index in [0.29, 0.717) is 10.9 Å². The Hall–Kier alpha value is -1.35. The molecule has 0 saturated heterocycles. The lowest BCUT2D eigenvalue weighted by molar-refractivity contribution is -0.137. The van der Waals surface area contributed by atoms with Crippen molar-refractivity contribution in [3.63, 3.8) is 0 Å². The first-order chi connectivity index (χ1) is 9.95. The van der Waals surface area contributed by atoms with Gasteiger partial charge in [0.25, 0.3) is 0 Å². The summed E-state index contributed by atoms with van der Waals surface area (Å²) in [6, 6.07) is 5.64. The molecule has 2 rings (SSSR count). The molecule has 1 aromatic carbocycles. The van der Waals surface area contributed by atoms with E-state index >= 15 is 0 Å². The van der Waals surface area contributed by atoms with Crippen molar-refractivity contribution >= 4 is 17.4 Å². The number of thioether (sulfide) groups is 1. The van der Waals surface area contributed by atoms with Crippen LogP contribution in [0.4, 0.5) is 18.9 Å². The molecular formula is C15H17F3N2S. The Morgan fingerprint density at radius 1 is 1.38 bits per heavy atom. The van der Waals surface area contributed by atoms with Crippen molar-refractivity contribution in [1.29, 1.82) is 5.26 Å². The highest BCUT2D eigenvalue weighted by atomic mass is 32.2. The van der Waals surface area contributed by atoms with Crippen molar-refractivity contribution in [1.82, 2.24) is 0 Å². The lowest BCUT2D eigenvalue weighted by Crippen LogP contribution is -2.26. The van der Waals surface area contributed by atoms with E-state index in [0.717, 1.165) is 31.1 Å². The van der Waals surface area contributed by atoms with Gasteiger partial charge in [-0.05, 0) is 36.8 Å². The number of hydrogen-bond donors (Lipinski definition) is 1. The fourth-order valence-electron chi connectivity index (χ4n) is 2.68. The molecule has 1 saturated carbocycles. The average molecular weight is 314 g/mol. The van der Waals surface area contributed by atoms with Crippen LogP contribution in [0.1, 0.15) is 37.3 Å². The number of rotatable bonds is 4. The minimum atomic E-state index is -4.50. The second-order valence-electron chi connectivity index (χ2n) is 5.05. The van der Waals surface area contributed by atoms with Crippen LogP contribution in [0, 0.1) is 11.3 Å². The average Bonchev–Trinajstić information content (AvgIpc) is 2.85. The number of anilines is 1. The van der Waals surface area contributed by atoms with E-state index in [2.05, 4.69) is 12.2 Å². The van der Waals surface area contributed by atoms with E-state index < -0.39 is 11.7 Å². The summed E-state index contributed by atoms with van der Waals surface area (Å²) in [5.74, 6) is 1.00. The summed E-state index contributed by atoms with van der Waals surface area (Å²) >= 11 is 1.85. The molecule has 1 aliphatic carbocycles. The first kappa shape index (κ1) is 16.0. The van der Waals surface area contributed by atoms with Gasteiger partial charge in [-0.15, -0.1) is 0 Å². The smallest absolute Gasteiger partial charge is 0.381 e. The highest BCUT2D eigenvalue weighted by molar-refractivity contribution is 7.99. The maximum atomic E-state index is 12.9. The number of hydrogen-bond acceptors (Lipinski definition) is 3. The summed E-state index contributed by atoms with van der Waals surface area (Å²) in [5, 5.41) is 12.4. The van der Waals surface area contributed by atoms with Crippen LogP contribution in [0.3, 0.4) is 0 Å². The number of benzene rings is 1. The molecule has 2 unspecified atom stereocenters. The van der Waals surface area contributed by atoms with Crippen molar-refractivity contribution in [2.45, 2.75) is 43.7 Å². The van der Waals surface area contributed by atoms with Crippen molar-refractivity contribution in [2.75, 3.05) is 11.1 Å². The van der Waals surface area contributed by atoms with Gasteiger partial charge >= 0.3 is 6.18 Å². The minimum Gasteiger partial charge on any atom is -0.381 e. The first-order valence-corrected chi connectivity index (χ1v) is 8.00. The van der Waals surface area contributed by atoms with E-state index in [9.17, 15) is 13.2 Å². The largest absolute Gasteiger partial charge is 0.417 e. The standard InChI is InChI=1S/C15H17F3N2S/c1-2-21-14-5-3-4-13(14)20-11-7-6-10(9-19)12(8-11)15(16,17)18/h6-8,13-14,20H,2-5H2,1H3. The van der Waals surface area contributed by atoms with E-state index in [1.54, 1.807) is 12.1 Å². The van der Waals surface area contributed by atoms with Crippen molar-refractivity contribution in [2.24, 2.45) is 0 Å². The Labute approximate surface area is 126 Å². The summed E-state index contributed by atoms with van der Waals surface area (Å²) in [5.41, 5.74) is -0.762. The molecule has 0 aliphatic heterocycles. The number of nitriles is 1. The van der Waals surface area contributed by atoms with Crippen LogP contribution >= 0.6 is 11.8 Å². The lowest BCUT2D eigenvalue weighted by Gasteiger charge is -2.22. The Kier molecular flexibility index (Phi) is 5.04. The van der Waals surface area contributed by atoms with Crippen molar-refractivity contribution in [3.8, 4) is 6.07 Å². The van der Waals surface area contributed by atoms with Crippen LogP contribution in [0.5, 0.6) is 0 Å². The molecule has 2 nitrogen and oxygen atoms in total. The van der Waals surface area contributed by atoms with Gasteiger partial charge in [0, 0.05) is 17.0 Å². The normalized spacial score (nSPS) is 22.0. The molecule has 1 aromatic rings. The number of nitrogens with one attached hydrogen (secondary N) is 1. The van der Waals surface area contributed by atoms with Gasteiger partial charge in [0.05, 0.1) is 17.2 Å². The lowest BCUT2D eigenvalue weighted by atomic mass is 10.1. The van der Waals surface area contributed by atoms with Crippen LogP contribution in [0.15, 0.2) is 18.2 Å². The van der Waals surface area contributed by atoms with Gasteiger partial charge < -0.3 is 5.32 Å². The summed E-state index contributed by atoms with van der Waals surface area (Å²) < 4.78 is 38.8. The third-order valence-electron chi connectivity index (χ3n) is 3.63. The van der Waals surface area contributed by atoms with Gasteiger partial charge in [-0.1, -0.05) is 13.3 Å². The predicted octanol–water partition coefficient (Wildman–Crippen LogP) is 4.66. The minimum absolute atomic E-state index is 0.198. The van der Waals surface area contributed by atoms with Gasteiger partial charge in [0.1, 0.15) is 0 Å². The summed E-state index contributed by atoms with van der Waals surface area (Å²) in [7, 11) is 0. The monoisotopic (exact) mass is 314 g/mol. The fraction of sp³-hybridized carbons (Fsp3) is 0.533. The van der Waals surface area contributed by atoms with Gasteiger partial charge in [-0.2, -0.15) is 30.2 Å². The van der Waals surface area contributed by atoms with Gasteiger partial charge in [-0.3, -0.25) is 0 Å². The molecule has 1 fully saturated rings. The van der Waals surface area contributed by atoms with Crippen molar-refractivity contribution < 1.29 is 13.2 Å². The summed E-state index contributed by atoms with van der Waals surface area (Å²) in [4.78, 5) is 0. The number of alkyl halides is 3. The van der Waals surface area contributed by atoms with Crippen molar-refractivity contribution in [3.05, 3.63) is 29.3 Å². The molecule has 21 heavy (non-hydrogen) atoms. The molecule has 0 aromatic heterocycles. The highest BCUT2D eigenvalue weighted by Gasteiger charge is 2.34. The molecule has 114 valence electrons. The maximum Gasteiger partial charge on any atom is 0.417 e. The first-order valence-electron chi connectivity index (χ1n) is 6.95. The number of nitrogens with zero attached hydrogens (tertiary/aromatic N) is 1. The quantitative estimate of drug-likeness (QED) is 0.877. The van der Waals surface area contributed by atoms with E-state index in [4.69, 9.17) is 5.26 Å². The molecule has 0 radical (unpaired) electrons. The Bertz CT molecular complexity index is 537. The zero-order chi connectivity index (χ0) is 15.5. The topological polar surface area (TPSA) is 35.8 Å². The van der Waals surface area contributed by atoms with E-state index in [1.165, 1.54) is 6.07 Å². The van der Waals surface area contributed by atoms with Gasteiger partial charge in [-0.25, -0.2) is 0 Å². The maximum absolute atomic E-state index is 12.9. The van der Waals surface area contributed by atoms with Crippen LogP contribution in [0.25, 0.3) is 0 Å². The molecule has 6 heteroatoms. The molecule has 1 aliphatic rings. The van der Waals surface area contributed by atoms with E-state index in [1.807, 2.05) is 11.8 Å². The van der Waals surface area contributed by atoms with Crippen LogP contribution in [0.2, 0.25) is 0 Å². The zero-order valence-corrected chi connectivity index (χ0v) is 12.5. The molecule has 0 spiro atoms. The fourth-order valence-corrected chi connectivity index (χ4v) is 3.88. The number of halogens is 3. The van der Waals surface area contributed by atoms with Crippen LogP contribution in [-0.2, 0) is 6.18 Å².